The van der Waals surface area contributed by atoms with Gasteiger partial charge in [-0.15, -0.1) is 0 Å². The lowest BCUT2D eigenvalue weighted by molar-refractivity contribution is -0.143. The van der Waals surface area contributed by atoms with Crippen LogP contribution in [0.1, 0.15) is 6.42 Å². The summed E-state index contributed by atoms with van der Waals surface area (Å²) >= 11 is 0. The fraction of sp³-hybridized carbons (Fsp3) is 0.750. The predicted molar refractivity (Wildman–Crippen MR) is 58.4 cm³/mol. The van der Waals surface area contributed by atoms with Crippen LogP contribution < -0.4 is 10.6 Å². The number of aliphatic hydroxyl groups is 1. The molecule has 1 fully saturated rings. The molecule has 18 heavy (non-hydrogen) atoms. The minimum atomic E-state index is -4.23. The van der Waals surface area contributed by atoms with Gasteiger partial charge in [0.25, 0.3) is 10.1 Å². The minimum Gasteiger partial charge on any atom is -0.480 e. The fourth-order valence-corrected chi connectivity index (χ4v) is 2.33. The van der Waals surface area contributed by atoms with Crippen molar-refractivity contribution in [2.75, 3.05) is 13.2 Å². The molecule has 0 unspecified atom stereocenters. The zero-order valence-electron chi connectivity index (χ0n) is 9.24. The minimum absolute atomic E-state index is 0.0895. The second-order valence-corrected chi connectivity index (χ2v) is 5.61. The number of aliphatic carboxylic acids is 1. The lowest BCUT2D eigenvalue weighted by atomic mass is 10.2. The van der Waals surface area contributed by atoms with Crippen molar-refractivity contribution in [1.29, 1.82) is 0 Å². The largest absolute Gasteiger partial charge is 0.480 e. The van der Waals surface area contributed by atoms with Crippen molar-refractivity contribution in [3.05, 3.63) is 0 Å². The lowest BCUT2D eigenvalue weighted by Crippen LogP contribution is -2.49. The molecule has 1 aliphatic rings. The maximum atomic E-state index is 11.6. The van der Waals surface area contributed by atoms with Crippen LogP contribution in [0.15, 0.2) is 0 Å². The molecule has 1 saturated heterocycles. The van der Waals surface area contributed by atoms with Crippen molar-refractivity contribution in [3.63, 3.8) is 0 Å². The maximum Gasteiger partial charge on any atom is 0.328 e. The summed E-state index contributed by atoms with van der Waals surface area (Å²) in [4.78, 5) is 22.1. The van der Waals surface area contributed by atoms with Crippen LogP contribution in [0, 0.1) is 0 Å². The second kappa shape index (κ2) is 5.61. The van der Waals surface area contributed by atoms with E-state index in [0.29, 0.717) is 0 Å². The van der Waals surface area contributed by atoms with Gasteiger partial charge >= 0.3 is 5.97 Å². The number of aliphatic hydroxyl groups excluding tert-OH is 1. The molecule has 1 heterocycles. The molecule has 0 aromatic heterocycles. The van der Waals surface area contributed by atoms with Crippen molar-refractivity contribution in [2.45, 2.75) is 23.8 Å². The molecule has 0 radical (unpaired) electrons. The molecule has 0 spiro atoms. The summed E-state index contributed by atoms with van der Waals surface area (Å²) in [5.74, 6) is -2.13. The van der Waals surface area contributed by atoms with E-state index in [0.717, 1.165) is 0 Å². The maximum absolute atomic E-state index is 11.6. The Labute approximate surface area is 103 Å². The zero-order valence-corrected chi connectivity index (χ0v) is 10.1. The molecular weight excluding hydrogens is 268 g/mol. The SMILES string of the molecule is O=C(O)[C@H](CO)NC(=O)[C@@H]1C[C@H](S(=O)(=O)O)CN1. The number of carbonyl (C=O) groups excluding carboxylic acids is 1. The molecule has 0 aliphatic carbocycles. The van der Waals surface area contributed by atoms with Crippen LogP contribution in [-0.4, -0.2) is 65.5 Å². The van der Waals surface area contributed by atoms with Crippen molar-refractivity contribution < 1.29 is 32.8 Å². The Morgan fingerprint density at radius 3 is 2.44 bits per heavy atom. The first-order valence-corrected chi connectivity index (χ1v) is 6.59. The molecule has 0 saturated carbocycles. The smallest absolute Gasteiger partial charge is 0.328 e. The van der Waals surface area contributed by atoms with E-state index in [1.807, 2.05) is 0 Å². The number of hydrogen-bond donors (Lipinski definition) is 5. The highest BCUT2D eigenvalue weighted by molar-refractivity contribution is 7.86. The van der Waals surface area contributed by atoms with Gasteiger partial charge in [0.05, 0.1) is 12.6 Å². The number of nitrogens with one attached hydrogen (secondary N) is 2. The van der Waals surface area contributed by atoms with Crippen LogP contribution in [0.3, 0.4) is 0 Å². The quantitative estimate of drug-likeness (QED) is 0.338. The molecule has 0 aromatic carbocycles. The Balaban J connectivity index is 2.58. The van der Waals surface area contributed by atoms with Crippen LogP contribution in [0.5, 0.6) is 0 Å². The molecule has 9 nitrogen and oxygen atoms in total. The average molecular weight is 282 g/mol. The summed E-state index contributed by atoms with van der Waals surface area (Å²) in [6.45, 7) is -0.858. The summed E-state index contributed by atoms with van der Waals surface area (Å²) in [6.07, 6.45) is -0.150. The predicted octanol–water partition coefficient (Wildman–Crippen LogP) is -2.83. The lowest BCUT2D eigenvalue weighted by Gasteiger charge is -2.15. The molecule has 1 rings (SSSR count). The Kier molecular flexibility index (Phi) is 4.62. The standard InChI is InChI=1S/C8H14N2O7S/c11-3-6(8(13)14)10-7(12)5-1-4(2-9-5)18(15,16)17/h4-6,9,11H,1-3H2,(H,10,12)(H,13,14)(H,15,16,17)/t4-,5-,6-/m0/s1. The van der Waals surface area contributed by atoms with Gasteiger partial charge in [-0.3, -0.25) is 9.35 Å². The summed E-state index contributed by atoms with van der Waals surface area (Å²) in [5.41, 5.74) is 0. The van der Waals surface area contributed by atoms with Gasteiger partial charge in [-0.2, -0.15) is 8.42 Å². The molecule has 0 bridgehead atoms. The Morgan fingerprint density at radius 1 is 1.44 bits per heavy atom. The first-order valence-electron chi connectivity index (χ1n) is 5.09. The number of rotatable bonds is 5. The molecule has 5 N–H and O–H groups in total. The topological polar surface area (TPSA) is 153 Å². The van der Waals surface area contributed by atoms with Crippen LogP contribution in [0.25, 0.3) is 0 Å². The first kappa shape index (κ1) is 14.8. The number of hydrogen-bond acceptors (Lipinski definition) is 6. The van der Waals surface area contributed by atoms with Crippen molar-refractivity contribution in [3.8, 4) is 0 Å². The van der Waals surface area contributed by atoms with Gasteiger partial charge in [0.1, 0.15) is 11.3 Å². The van der Waals surface area contributed by atoms with E-state index in [2.05, 4.69) is 10.6 Å². The monoisotopic (exact) mass is 282 g/mol. The molecule has 10 heteroatoms. The van der Waals surface area contributed by atoms with Crippen LogP contribution >= 0.6 is 0 Å². The van der Waals surface area contributed by atoms with Gasteiger partial charge in [0, 0.05) is 6.54 Å². The van der Waals surface area contributed by atoms with E-state index in [9.17, 15) is 18.0 Å². The summed E-state index contributed by atoms with van der Waals surface area (Å²) in [6, 6.07) is -2.35. The van der Waals surface area contributed by atoms with Crippen molar-refractivity contribution in [1.82, 2.24) is 10.6 Å². The molecule has 1 aliphatic heterocycles. The molecule has 104 valence electrons. The van der Waals surface area contributed by atoms with E-state index in [1.54, 1.807) is 0 Å². The fourth-order valence-electron chi connectivity index (χ4n) is 1.59. The van der Waals surface area contributed by atoms with E-state index in [4.69, 9.17) is 14.8 Å². The third-order valence-electron chi connectivity index (χ3n) is 2.63. The molecular formula is C8H14N2O7S. The van der Waals surface area contributed by atoms with Crippen molar-refractivity contribution >= 4 is 22.0 Å². The summed E-state index contributed by atoms with van der Waals surface area (Å²) in [7, 11) is -4.23. The van der Waals surface area contributed by atoms with E-state index < -0.39 is 45.9 Å². The van der Waals surface area contributed by atoms with Gasteiger partial charge in [-0.25, -0.2) is 4.79 Å². The highest BCUT2D eigenvalue weighted by Gasteiger charge is 2.37. The Morgan fingerprint density at radius 2 is 2.06 bits per heavy atom. The first-order chi connectivity index (χ1) is 8.25. The number of amides is 1. The van der Waals surface area contributed by atoms with Crippen LogP contribution in [0.4, 0.5) is 0 Å². The van der Waals surface area contributed by atoms with Crippen LogP contribution in [-0.2, 0) is 19.7 Å². The van der Waals surface area contributed by atoms with Gasteiger partial charge in [0.2, 0.25) is 5.91 Å². The number of carbonyl (C=O) groups is 2. The van der Waals surface area contributed by atoms with Crippen LogP contribution in [0.2, 0.25) is 0 Å². The highest BCUT2D eigenvalue weighted by Crippen LogP contribution is 2.14. The van der Waals surface area contributed by atoms with E-state index in [1.165, 1.54) is 0 Å². The zero-order chi connectivity index (χ0) is 13.9. The van der Waals surface area contributed by atoms with Gasteiger partial charge in [0.15, 0.2) is 0 Å². The number of carboxylic acid groups (broad SMARTS) is 1. The molecule has 3 atom stereocenters. The highest BCUT2D eigenvalue weighted by atomic mass is 32.2. The van der Waals surface area contributed by atoms with Gasteiger partial charge in [-0.05, 0) is 6.42 Å². The van der Waals surface area contributed by atoms with Crippen molar-refractivity contribution in [2.24, 2.45) is 0 Å². The Bertz CT molecular complexity index is 435. The van der Waals surface area contributed by atoms with E-state index >= 15 is 0 Å². The Hall–Kier alpha value is -1.23. The second-order valence-electron chi connectivity index (χ2n) is 3.92. The number of carboxylic acids is 1. The van der Waals surface area contributed by atoms with Gasteiger partial charge in [-0.1, -0.05) is 0 Å². The molecule has 0 aromatic rings. The normalized spacial score (nSPS) is 25.7. The third kappa shape index (κ3) is 3.63. The third-order valence-corrected chi connectivity index (χ3v) is 3.83. The van der Waals surface area contributed by atoms with E-state index in [-0.39, 0.29) is 13.0 Å². The molecule has 1 amide bonds. The summed E-state index contributed by atoms with van der Waals surface area (Å²) < 4.78 is 30.5. The van der Waals surface area contributed by atoms with Gasteiger partial charge < -0.3 is 20.8 Å². The average Bonchev–Trinajstić information content (AvgIpc) is 2.73. The summed E-state index contributed by atoms with van der Waals surface area (Å²) in [5, 5.41) is 20.8.